The number of hydrogen-bond donors (Lipinski definition) is 0. The van der Waals surface area contributed by atoms with E-state index in [1.165, 1.54) is 16.7 Å². The predicted octanol–water partition coefficient (Wildman–Crippen LogP) is 3.36. The Bertz CT molecular complexity index is 604. The molecule has 0 radical (unpaired) electrons. The first kappa shape index (κ1) is 14.0. The molecule has 0 saturated carbocycles. The van der Waals surface area contributed by atoms with E-state index in [4.69, 9.17) is 9.47 Å². The summed E-state index contributed by atoms with van der Waals surface area (Å²) < 4.78 is 11.8. The van der Waals surface area contributed by atoms with E-state index in [1.807, 2.05) is 0 Å². The van der Waals surface area contributed by atoms with E-state index >= 15 is 0 Å². The minimum atomic E-state index is 0.824. The summed E-state index contributed by atoms with van der Waals surface area (Å²) >= 11 is 0. The first-order chi connectivity index (χ1) is 10.1. The van der Waals surface area contributed by atoms with Gasteiger partial charge in [-0.1, -0.05) is 30.3 Å². The number of benzene rings is 2. The van der Waals surface area contributed by atoms with Crippen LogP contribution in [0.1, 0.15) is 16.7 Å². The Morgan fingerprint density at radius 2 is 1.43 bits per heavy atom. The second-order valence-electron chi connectivity index (χ2n) is 6.06. The van der Waals surface area contributed by atoms with E-state index in [1.54, 1.807) is 14.2 Å². The van der Waals surface area contributed by atoms with Crippen LogP contribution in [0.3, 0.4) is 0 Å². The lowest BCUT2D eigenvalue weighted by Crippen LogP contribution is -2.37. The van der Waals surface area contributed by atoms with Crippen LogP contribution in [0.4, 0.5) is 0 Å². The van der Waals surface area contributed by atoms with Gasteiger partial charge in [0.1, 0.15) is 19.6 Å². The van der Waals surface area contributed by atoms with Crippen LogP contribution in [0.2, 0.25) is 0 Å². The molecule has 0 aromatic heterocycles. The Labute approximate surface area is 126 Å². The molecule has 0 spiro atoms. The van der Waals surface area contributed by atoms with E-state index in [2.05, 4.69) is 49.5 Å². The topological polar surface area (TPSA) is 18.5 Å². The lowest BCUT2D eigenvalue weighted by molar-refractivity contribution is -0.941. The number of rotatable bonds is 4. The molecule has 2 aromatic carbocycles. The monoisotopic (exact) mass is 284 g/mol. The lowest BCUT2D eigenvalue weighted by Gasteiger charge is -2.29. The molecule has 1 aliphatic heterocycles. The molecule has 0 N–H and O–H groups in total. The van der Waals surface area contributed by atoms with E-state index in [0.717, 1.165) is 35.6 Å². The van der Waals surface area contributed by atoms with Crippen molar-refractivity contribution < 1.29 is 14.0 Å². The number of hydrogen-bond acceptors (Lipinski definition) is 2. The maximum atomic E-state index is 5.42. The molecule has 1 aliphatic rings. The van der Waals surface area contributed by atoms with Crippen LogP contribution in [0.25, 0.3) is 0 Å². The minimum absolute atomic E-state index is 0.824. The van der Waals surface area contributed by atoms with Crippen molar-refractivity contribution in [3.05, 3.63) is 59.2 Å². The van der Waals surface area contributed by atoms with Crippen molar-refractivity contribution in [1.82, 2.24) is 0 Å². The van der Waals surface area contributed by atoms with Crippen molar-refractivity contribution >= 4 is 0 Å². The van der Waals surface area contributed by atoms with Gasteiger partial charge in [0.15, 0.2) is 11.5 Å². The van der Waals surface area contributed by atoms with Gasteiger partial charge in [0.25, 0.3) is 0 Å². The van der Waals surface area contributed by atoms with Gasteiger partial charge < -0.3 is 14.0 Å². The standard InChI is InChI=1S/C18H22NO2/c1-19(11-14-7-5-4-6-8-14)12-15-9-17(20-2)18(21-3)10-16(15)13-19/h4-10H,11-13H2,1-3H3/q+1. The highest BCUT2D eigenvalue weighted by Gasteiger charge is 2.33. The van der Waals surface area contributed by atoms with Gasteiger partial charge in [-0.25, -0.2) is 0 Å². The highest BCUT2D eigenvalue weighted by molar-refractivity contribution is 5.48. The van der Waals surface area contributed by atoms with Crippen LogP contribution >= 0.6 is 0 Å². The van der Waals surface area contributed by atoms with Crippen LogP contribution in [-0.4, -0.2) is 25.8 Å². The highest BCUT2D eigenvalue weighted by Crippen LogP contribution is 2.38. The van der Waals surface area contributed by atoms with Gasteiger partial charge in [-0.3, -0.25) is 0 Å². The molecule has 0 fully saturated rings. The zero-order chi connectivity index (χ0) is 14.9. The van der Waals surface area contributed by atoms with Crippen LogP contribution in [0.15, 0.2) is 42.5 Å². The van der Waals surface area contributed by atoms with Crippen molar-refractivity contribution in [1.29, 1.82) is 0 Å². The smallest absolute Gasteiger partial charge is 0.161 e. The summed E-state index contributed by atoms with van der Waals surface area (Å²) in [6.07, 6.45) is 0. The molecular weight excluding hydrogens is 262 g/mol. The van der Waals surface area contributed by atoms with Gasteiger partial charge in [0.05, 0.1) is 21.3 Å². The van der Waals surface area contributed by atoms with E-state index < -0.39 is 0 Å². The number of fused-ring (bicyclic) bond motifs is 1. The molecule has 21 heavy (non-hydrogen) atoms. The quantitative estimate of drug-likeness (QED) is 0.802. The second-order valence-corrected chi connectivity index (χ2v) is 6.06. The molecule has 3 heteroatoms. The molecule has 1 heterocycles. The molecular formula is C18H22NO2+. The first-order valence-corrected chi connectivity index (χ1v) is 7.25. The van der Waals surface area contributed by atoms with Crippen LogP contribution in [0.5, 0.6) is 11.5 Å². The van der Waals surface area contributed by atoms with E-state index in [0.29, 0.717) is 0 Å². The molecule has 0 aliphatic carbocycles. The lowest BCUT2D eigenvalue weighted by atomic mass is 10.1. The third-order valence-electron chi connectivity index (χ3n) is 4.22. The number of nitrogens with zero attached hydrogens (tertiary/aromatic N) is 1. The van der Waals surface area contributed by atoms with Gasteiger partial charge in [-0.15, -0.1) is 0 Å². The van der Waals surface area contributed by atoms with Crippen molar-refractivity contribution in [2.75, 3.05) is 21.3 Å². The Morgan fingerprint density at radius 1 is 0.905 bits per heavy atom. The van der Waals surface area contributed by atoms with Crippen LogP contribution in [-0.2, 0) is 19.6 Å². The van der Waals surface area contributed by atoms with Gasteiger partial charge in [0.2, 0.25) is 0 Å². The number of ether oxygens (including phenoxy) is 2. The van der Waals surface area contributed by atoms with E-state index in [-0.39, 0.29) is 0 Å². The molecule has 0 atom stereocenters. The molecule has 0 saturated heterocycles. The Balaban J connectivity index is 1.86. The van der Waals surface area contributed by atoms with Gasteiger partial charge >= 0.3 is 0 Å². The molecule has 0 bridgehead atoms. The predicted molar refractivity (Wildman–Crippen MR) is 83.3 cm³/mol. The molecule has 0 amide bonds. The maximum Gasteiger partial charge on any atom is 0.161 e. The SMILES string of the molecule is COc1cc2c(cc1OC)C[N+](C)(Cc1ccccc1)C2. The van der Waals surface area contributed by atoms with Crippen molar-refractivity contribution in [3.8, 4) is 11.5 Å². The fraction of sp³-hybridized carbons (Fsp3) is 0.333. The molecule has 110 valence electrons. The summed E-state index contributed by atoms with van der Waals surface area (Å²) in [5.41, 5.74) is 4.11. The maximum absolute atomic E-state index is 5.42. The second kappa shape index (κ2) is 5.41. The van der Waals surface area contributed by atoms with Crippen molar-refractivity contribution in [2.45, 2.75) is 19.6 Å². The van der Waals surface area contributed by atoms with Gasteiger partial charge in [0, 0.05) is 16.7 Å². The Kier molecular flexibility index (Phi) is 3.60. The average molecular weight is 284 g/mol. The van der Waals surface area contributed by atoms with Gasteiger partial charge in [-0.2, -0.15) is 0 Å². The molecule has 3 rings (SSSR count). The zero-order valence-electron chi connectivity index (χ0n) is 12.9. The van der Waals surface area contributed by atoms with Crippen LogP contribution in [0, 0.1) is 0 Å². The normalized spacial score (nSPS) is 15.6. The first-order valence-electron chi connectivity index (χ1n) is 7.25. The third-order valence-corrected chi connectivity index (χ3v) is 4.22. The largest absolute Gasteiger partial charge is 0.493 e. The fourth-order valence-corrected chi connectivity index (χ4v) is 3.27. The molecule has 0 unspecified atom stereocenters. The Hall–Kier alpha value is -2.00. The molecule has 2 aromatic rings. The minimum Gasteiger partial charge on any atom is -0.493 e. The summed E-state index contributed by atoms with van der Waals surface area (Å²) in [7, 11) is 5.69. The Morgan fingerprint density at radius 3 is 1.90 bits per heavy atom. The summed E-state index contributed by atoms with van der Waals surface area (Å²) in [5, 5.41) is 0. The summed E-state index contributed by atoms with van der Waals surface area (Å²) in [6, 6.07) is 14.9. The number of methoxy groups -OCH3 is 2. The molecule has 3 nitrogen and oxygen atoms in total. The van der Waals surface area contributed by atoms with Crippen molar-refractivity contribution in [3.63, 3.8) is 0 Å². The summed E-state index contributed by atoms with van der Waals surface area (Å²) in [5.74, 6) is 1.65. The van der Waals surface area contributed by atoms with Crippen LogP contribution < -0.4 is 9.47 Å². The summed E-state index contributed by atoms with van der Waals surface area (Å²) in [4.78, 5) is 0. The van der Waals surface area contributed by atoms with Gasteiger partial charge in [-0.05, 0) is 12.1 Å². The average Bonchev–Trinajstić information content (AvgIpc) is 2.81. The zero-order valence-corrected chi connectivity index (χ0v) is 12.9. The fourth-order valence-electron chi connectivity index (χ4n) is 3.27. The third kappa shape index (κ3) is 2.74. The summed E-state index contributed by atoms with van der Waals surface area (Å²) in [6.45, 7) is 3.11. The van der Waals surface area contributed by atoms with Crippen molar-refractivity contribution in [2.24, 2.45) is 0 Å². The van der Waals surface area contributed by atoms with E-state index in [9.17, 15) is 0 Å². The number of quaternary nitrogens is 1. The highest BCUT2D eigenvalue weighted by atomic mass is 16.5.